The van der Waals surface area contributed by atoms with E-state index in [1.807, 2.05) is 0 Å². The van der Waals surface area contributed by atoms with E-state index in [9.17, 15) is 9.59 Å². The lowest BCUT2D eigenvalue weighted by atomic mass is 10.1. The highest BCUT2D eigenvalue weighted by Gasteiger charge is 2.06. The predicted octanol–water partition coefficient (Wildman–Crippen LogP) is 5.57. The third kappa shape index (κ3) is 17.3. The van der Waals surface area contributed by atoms with Gasteiger partial charge < -0.3 is 9.47 Å². The summed E-state index contributed by atoms with van der Waals surface area (Å²) < 4.78 is 10.4. The summed E-state index contributed by atoms with van der Waals surface area (Å²) in [6.45, 7) is 5.43. The van der Waals surface area contributed by atoms with E-state index < -0.39 is 0 Å². The number of carbonyl (C=O) groups is 2. The van der Waals surface area contributed by atoms with Gasteiger partial charge in [0.1, 0.15) is 0 Å². The Morgan fingerprint density at radius 3 is 1.29 bits per heavy atom. The molecule has 0 aliphatic heterocycles. The topological polar surface area (TPSA) is 52.6 Å². The molecule has 0 aromatic heterocycles. The molecule has 0 spiro atoms. The van der Waals surface area contributed by atoms with Crippen molar-refractivity contribution < 1.29 is 19.1 Å². The highest BCUT2D eigenvalue weighted by atomic mass is 16.5. The van der Waals surface area contributed by atoms with Crippen LogP contribution >= 0.6 is 0 Å². The average Bonchev–Trinajstić information content (AvgIpc) is 2.58. The summed E-state index contributed by atoms with van der Waals surface area (Å²) in [5.74, 6) is -0.287. The second-order valence-electron chi connectivity index (χ2n) is 6.48. The third-order valence-corrected chi connectivity index (χ3v) is 4.03. The van der Waals surface area contributed by atoms with Crippen LogP contribution in [-0.4, -0.2) is 25.2 Å². The molecule has 0 saturated heterocycles. The quantitative estimate of drug-likeness (QED) is 0.256. The highest BCUT2D eigenvalue weighted by Crippen LogP contribution is 2.07. The Kier molecular flexibility index (Phi) is 17.5. The standard InChI is InChI=1S/C20H38O4/c1-3-5-7-9-13-17-23-19(21)15-11-12-16-20(22)24-18-14-10-8-6-4-2/h3-18H2,1-2H3. The first-order chi connectivity index (χ1) is 11.7. The summed E-state index contributed by atoms with van der Waals surface area (Å²) in [6.07, 6.45) is 13.7. The summed E-state index contributed by atoms with van der Waals surface area (Å²) in [5, 5.41) is 0. The third-order valence-electron chi connectivity index (χ3n) is 4.03. The molecule has 0 amide bonds. The molecular weight excluding hydrogens is 304 g/mol. The molecular formula is C20H38O4. The number of hydrogen-bond donors (Lipinski definition) is 0. The van der Waals surface area contributed by atoms with Crippen LogP contribution in [-0.2, 0) is 19.1 Å². The number of rotatable bonds is 17. The fourth-order valence-electron chi connectivity index (χ4n) is 2.47. The second-order valence-corrected chi connectivity index (χ2v) is 6.48. The summed E-state index contributed by atoms with van der Waals surface area (Å²) in [7, 11) is 0. The van der Waals surface area contributed by atoms with Gasteiger partial charge in [0.05, 0.1) is 13.2 Å². The Bertz CT molecular complexity index is 272. The van der Waals surface area contributed by atoms with Crippen molar-refractivity contribution in [3.63, 3.8) is 0 Å². The lowest BCUT2D eigenvalue weighted by Gasteiger charge is -2.06. The molecule has 0 aromatic carbocycles. The van der Waals surface area contributed by atoms with Crippen LogP contribution in [0.5, 0.6) is 0 Å². The SMILES string of the molecule is CCCCCCCOC(=O)CCCCC(=O)OCCCCCCC. The zero-order valence-corrected chi connectivity index (χ0v) is 15.9. The molecule has 0 saturated carbocycles. The second kappa shape index (κ2) is 18.3. The average molecular weight is 343 g/mol. The van der Waals surface area contributed by atoms with Crippen molar-refractivity contribution in [2.45, 2.75) is 104 Å². The van der Waals surface area contributed by atoms with Gasteiger partial charge in [-0.25, -0.2) is 0 Å². The molecule has 142 valence electrons. The van der Waals surface area contributed by atoms with Crippen molar-refractivity contribution in [1.82, 2.24) is 0 Å². The maximum absolute atomic E-state index is 11.5. The Hall–Kier alpha value is -1.06. The van der Waals surface area contributed by atoms with Gasteiger partial charge in [-0.15, -0.1) is 0 Å². The molecule has 0 unspecified atom stereocenters. The van der Waals surface area contributed by atoms with Gasteiger partial charge in [0.25, 0.3) is 0 Å². The largest absolute Gasteiger partial charge is 0.466 e. The Labute approximate surface area is 148 Å². The lowest BCUT2D eigenvalue weighted by molar-refractivity contribution is -0.146. The van der Waals surface area contributed by atoms with Gasteiger partial charge in [-0.3, -0.25) is 9.59 Å². The minimum Gasteiger partial charge on any atom is -0.466 e. The zero-order chi connectivity index (χ0) is 17.9. The van der Waals surface area contributed by atoms with Crippen LogP contribution in [0, 0.1) is 0 Å². The molecule has 0 heterocycles. The van der Waals surface area contributed by atoms with Crippen molar-refractivity contribution in [2.75, 3.05) is 13.2 Å². The highest BCUT2D eigenvalue weighted by molar-refractivity contribution is 5.70. The van der Waals surface area contributed by atoms with E-state index in [-0.39, 0.29) is 11.9 Å². The molecule has 0 radical (unpaired) electrons. The fraction of sp³-hybridized carbons (Fsp3) is 0.900. The Morgan fingerprint density at radius 1 is 0.542 bits per heavy atom. The predicted molar refractivity (Wildman–Crippen MR) is 97.9 cm³/mol. The number of ether oxygens (including phenoxy) is 2. The molecule has 0 N–H and O–H groups in total. The van der Waals surface area contributed by atoms with Crippen molar-refractivity contribution in [3.8, 4) is 0 Å². The molecule has 24 heavy (non-hydrogen) atoms. The number of unbranched alkanes of at least 4 members (excludes halogenated alkanes) is 9. The van der Waals surface area contributed by atoms with Crippen molar-refractivity contribution in [2.24, 2.45) is 0 Å². The molecule has 4 nitrogen and oxygen atoms in total. The number of esters is 2. The van der Waals surface area contributed by atoms with Crippen LogP contribution in [0.25, 0.3) is 0 Å². The van der Waals surface area contributed by atoms with Gasteiger partial charge in [-0.05, 0) is 25.7 Å². The summed E-state index contributed by atoms with van der Waals surface area (Å²) in [6, 6.07) is 0. The van der Waals surface area contributed by atoms with E-state index in [1.54, 1.807) is 0 Å². The van der Waals surface area contributed by atoms with Crippen LogP contribution in [0.3, 0.4) is 0 Å². The molecule has 0 fully saturated rings. The van der Waals surface area contributed by atoms with Gasteiger partial charge >= 0.3 is 11.9 Å². The van der Waals surface area contributed by atoms with Gasteiger partial charge in [-0.1, -0.05) is 65.2 Å². The van der Waals surface area contributed by atoms with E-state index in [4.69, 9.17) is 9.47 Å². The normalized spacial score (nSPS) is 10.6. The first-order valence-corrected chi connectivity index (χ1v) is 10.0. The number of carbonyl (C=O) groups excluding carboxylic acids is 2. The van der Waals surface area contributed by atoms with Crippen LogP contribution in [0.4, 0.5) is 0 Å². The zero-order valence-electron chi connectivity index (χ0n) is 15.9. The lowest BCUT2D eigenvalue weighted by Crippen LogP contribution is -2.08. The Balaban J connectivity index is 3.31. The van der Waals surface area contributed by atoms with E-state index in [0.717, 1.165) is 25.7 Å². The molecule has 0 aliphatic rings. The van der Waals surface area contributed by atoms with E-state index >= 15 is 0 Å². The Morgan fingerprint density at radius 2 is 0.917 bits per heavy atom. The summed E-state index contributed by atoms with van der Waals surface area (Å²) in [5.41, 5.74) is 0. The van der Waals surface area contributed by atoms with Gasteiger partial charge in [-0.2, -0.15) is 0 Å². The van der Waals surface area contributed by atoms with Crippen molar-refractivity contribution >= 4 is 11.9 Å². The minimum absolute atomic E-state index is 0.144. The smallest absolute Gasteiger partial charge is 0.305 e. The summed E-state index contributed by atoms with van der Waals surface area (Å²) >= 11 is 0. The van der Waals surface area contributed by atoms with E-state index in [0.29, 0.717) is 38.9 Å². The monoisotopic (exact) mass is 342 g/mol. The maximum atomic E-state index is 11.5. The van der Waals surface area contributed by atoms with E-state index in [1.165, 1.54) is 38.5 Å². The van der Waals surface area contributed by atoms with Gasteiger partial charge in [0, 0.05) is 12.8 Å². The van der Waals surface area contributed by atoms with Gasteiger partial charge in [0.15, 0.2) is 0 Å². The molecule has 0 aromatic rings. The first kappa shape index (κ1) is 22.9. The molecule has 4 heteroatoms. The molecule has 0 bridgehead atoms. The minimum atomic E-state index is -0.144. The van der Waals surface area contributed by atoms with Crippen LogP contribution in [0.2, 0.25) is 0 Å². The fourth-order valence-corrected chi connectivity index (χ4v) is 2.47. The number of hydrogen-bond acceptors (Lipinski definition) is 4. The molecule has 0 atom stereocenters. The van der Waals surface area contributed by atoms with Crippen LogP contribution < -0.4 is 0 Å². The molecule has 0 rings (SSSR count). The van der Waals surface area contributed by atoms with Crippen LogP contribution in [0.15, 0.2) is 0 Å². The van der Waals surface area contributed by atoms with E-state index in [2.05, 4.69) is 13.8 Å². The summed E-state index contributed by atoms with van der Waals surface area (Å²) in [4.78, 5) is 23.1. The maximum Gasteiger partial charge on any atom is 0.305 e. The first-order valence-electron chi connectivity index (χ1n) is 10.0. The van der Waals surface area contributed by atoms with Crippen LogP contribution in [0.1, 0.15) is 104 Å². The van der Waals surface area contributed by atoms with Crippen molar-refractivity contribution in [1.29, 1.82) is 0 Å². The van der Waals surface area contributed by atoms with Gasteiger partial charge in [0.2, 0.25) is 0 Å². The van der Waals surface area contributed by atoms with Crippen molar-refractivity contribution in [3.05, 3.63) is 0 Å². The molecule has 0 aliphatic carbocycles.